The van der Waals surface area contributed by atoms with Crippen LogP contribution in [0.5, 0.6) is 0 Å². The zero-order chi connectivity index (χ0) is 12.4. The van der Waals surface area contributed by atoms with E-state index in [2.05, 4.69) is 35.8 Å². The second-order valence-corrected chi connectivity index (χ2v) is 5.51. The van der Waals surface area contributed by atoms with E-state index in [1.54, 1.807) is 0 Å². The molecule has 0 bridgehead atoms. The molecule has 0 saturated heterocycles. The number of nitrogens with zero attached hydrogens (tertiary/aromatic N) is 1. The fraction of sp³-hybridized carbons (Fsp3) is 0.533. The smallest absolute Gasteiger partial charge is 0.121 e. The van der Waals surface area contributed by atoms with Crippen molar-refractivity contribution in [1.82, 2.24) is 5.43 Å². The number of amidine groups is 1. The molecule has 0 radical (unpaired) electrons. The number of nitrogens with one attached hydrogen (secondary N) is 1. The molecule has 0 atom stereocenters. The second-order valence-electron chi connectivity index (χ2n) is 5.51. The molecule has 2 saturated carbocycles. The average molecular weight is 243 g/mol. The fourth-order valence-corrected chi connectivity index (χ4v) is 3.06. The van der Waals surface area contributed by atoms with Crippen LogP contribution in [0, 0.1) is 0 Å². The third kappa shape index (κ3) is 2.03. The van der Waals surface area contributed by atoms with Crippen LogP contribution in [-0.2, 0) is 5.41 Å². The Morgan fingerprint density at radius 1 is 1.17 bits per heavy atom. The van der Waals surface area contributed by atoms with Crippen LogP contribution in [-0.4, -0.2) is 11.9 Å². The number of hydrogen-bond acceptors (Lipinski definition) is 2. The van der Waals surface area contributed by atoms with Crippen LogP contribution in [0.1, 0.15) is 44.1 Å². The van der Waals surface area contributed by atoms with Gasteiger partial charge in [0.05, 0.1) is 11.5 Å². The quantitative estimate of drug-likeness (QED) is 0.371. The predicted molar refractivity (Wildman–Crippen MR) is 74.4 cm³/mol. The number of aliphatic imine (C=N–C) groups is 1. The van der Waals surface area contributed by atoms with Crippen molar-refractivity contribution in [2.24, 2.45) is 10.8 Å². The zero-order valence-electron chi connectivity index (χ0n) is 10.7. The summed E-state index contributed by atoms with van der Waals surface area (Å²) in [5, 5.41) is 0. The first-order valence-electron chi connectivity index (χ1n) is 6.95. The molecule has 0 amide bonds. The van der Waals surface area contributed by atoms with Gasteiger partial charge in [-0.15, -0.1) is 0 Å². The lowest BCUT2D eigenvalue weighted by molar-refractivity contribution is 0.685. The Morgan fingerprint density at radius 3 is 2.39 bits per heavy atom. The van der Waals surface area contributed by atoms with Gasteiger partial charge < -0.3 is 5.43 Å². The molecule has 3 N–H and O–H groups in total. The minimum absolute atomic E-state index is 0.0819. The van der Waals surface area contributed by atoms with Crippen LogP contribution in [0.4, 0.5) is 0 Å². The molecular formula is C15H21N3. The van der Waals surface area contributed by atoms with E-state index < -0.39 is 0 Å². The average Bonchev–Trinajstić information content (AvgIpc) is 3.07. The summed E-state index contributed by atoms with van der Waals surface area (Å²) in [6.07, 6.45) is 7.38. The Bertz CT molecular complexity index is 428. The lowest BCUT2D eigenvalue weighted by Gasteiger charge is -2.20. The van der Waals surface area contributed by atoms with Crippen molar-refractivity contribution >= 4 is 5.84 Å². The SMILES string of the molecule is NNC(=NC1CCCC1)C1(c2ccccc2)CC1. The van der Waals surface area contributed by atoms with E-state index in [4.69, 9.17) is 10.8 Å². The van der Waals surface area contributed by atoms with E-state index in [1.165, 1.54) is 31.2 Å². The molecule has 18 heavy (non-hydrogen) atoms. The number of rotatable bonds is 3. The molecule has 2 aliphatic rings. The highest BCUT2D eigenvalue weighted by Crippen LogP contribution is 2.49. The monoisotopic (exact) mass is 243 g/mol. The van der Waals surface area contributed by atoms with E-state index in [-0.39, 0.29) is 5.41 Å². The minimum Gasteiger partial charge on any atom is -0.312 e. The Morgan fingerprint density at radius 2 is 1.83 bits per heavy atom. The third-order valence-electron chi connectivity index (χ3n) is 4.30. The topological polar surface area (TPSA) is 50.4 Å². The van der Waals surface area contributed by atoms with Crippen LogP contribution in [0.15, 0.2) is 35.3 Å². The van der Waals surface area contributed by atoms with Crippen molar-refractivity contribution in [3.05, 3.63) is 35.9 Å². The van der Waals surface area contributed by atoms with Crippen molar-refractivity contribution in [2.45, 2.75) is 50.0 Å². The molecule has 96 valence electrons. The highest BCUT2D eigenvalue weighted by molar-refractivity contribution is 5.95. The number of hydrogen-bond donors (Lipinski definition) is 2. The van der Waals surface area contributed by atoms with Crippen LogP contribution >= 0.6 is 0 Å². The van der Waals surface area contributed by atoms with Gasteiger partial charge in [-0.1, -0.05) is 43.2 Å². The summed E-state index contributed by atoms with van der Waals surface area (Å²) in [6.45, 7) is 0. The molecule has 0 heterocycles. The van der Waals surface area contributed by atoms with Crippen LogP contribution in [0.2, 0.25) is 0 Å². The Labute approximate surface area is 108 Å². The lowest BCUT2D eigenvalue weighted by atomic mass is 9.94. The maximum Gasteiger partial charge on any atom is 0.121 e. The molecule has 1 aromatic carbocycles. The zero-order valence-corrected chi connectivity index (χ0v) is 10.7. The molecule has 0 unspecified atom stereocenters. The van der Waals surface area contributed by atoms with Gasteiger partial charge in [0.15, 0.2) is 0 Å². The molecule has 3 heteroatoms. The largest absolute Gasteiger partial charge is 0.312 e. The first-order chi connectivity index (χ1) is 8.85. The molecular weight excluding hydrogens is 222 g/mol. The Balaban J connectivity index is 1.87. The van der Waals surface area contributed by atoms with E-state index in [9.17, 15) is 0 Å². The summed E-state index contributed by atoms with van der Waals surface area (Å²) >= 11 is 0. The van der Waals surface area contributed by atoms with Crippen LogP contribution in [0.3, 0.4) is 0 Å². The summed E-state index contributed by atoms with van der Waals surface area (Å²) < 4.78 is 0. The molecule has 0 aromatic heterocycles. The van der Waals surface area contributed by atoms with Gasteiger partial charge in [-0.25, -0.2) is 5.84 Å². The summed E-state index contributed by atoms with van der Waals surface area (Å²) in [6, 6.07) is 11.1. The van der Waals surface area contributed by atoms with Gasteiger partial charge in [0.2, 0.25) is 0 Å². The van der Waals surface area contributed by atoms with Crippen molar-refractivity contribution in [1.29, 1.82) is 0 Å². The fourth-order valence-electron chi connectivity index (χ4n) is 3.06. The van der Waals surface area contributed by atoms with Crippen molar-refractivity contribution in [2.75, 3.05) is 0 Å². The van der Waals surface area contributed by atoms with Crippen molar-refractivity contribution in [3.63, 3.8) is 0 Å². The summed E-state index contributed by atoms with van der Waals surface area (Å²) in [4.78, 5) is 4.89. The van der Waals surface area contributed by atoms with Gasteiger partial charge >= 0.3 is 0 Å². The van der Waals surface area contributed by atoms with E-state index in [1.807, 2.05) is 0 Å². The number of hydrazine groups is 1. The molecule has 0 aliphatic heterocycles. The van der Waals surface area contributed by atoms with Gasteiger partial charge in [-0.05, 0) is 31.2 Å². The predicted octanol–water partition coefficient (Wildman–Crippen LogP) is 2.52. The van der Waals surface area contributed by atoms with Gasteiger partial charge in [-0.3, -0.25) is 4.99 Å². The van der Waals surface area contributed by atoms with E-state index in [0.717, 1.165) is 18.7 Å². The van der Waals surface area contributed by atoms with E-state index >= 15 is 0 Å². The van der Waals surface area contributed by atoms with Gasteiger partial charge in [-0.2, -0.15) is 0 Å². The van der Waals surface area contributed by atoms with Crippen molar-refractivity contribution < 1.29 is 0 Å². The molecule has 3 nitrogen and oxygen atoms in total. The second kappa shape index (κ2) is 4.73. The van der Waals surface area contributed by atoms with Gasteiger partial charge in [0, 0.05) is 0 Å². The third-order valence-corrected chi connectivity index (χ3v) is 4.30. The van der Waals surface area contributed by atoms with E-state index in [0.29, 0.717) is 6.04 Å². The molecule has 2 fully saturated rings. The van der Waals surface area contributed by atoms with Gasteiger partial charge in [0.1, 0.15) is 5.84 Å². The molecule has 3 rings (SSSR count). The summed E-state index contributed by atoms with van der Waals surface area (Å²) in [5.74, 6) is 6.73. The van der Waals surface area contributed by atoms with Crippen molar-refractivity contribution in [3.8, 4) is 0 Å². The molecule has 1 aromatic rings. The standard InChI is InChI=1S/C15H21N3/c16-18-14(17-13-8-4-5-9-13)15(10-11-15)12-6-2-1-3-7-12/h1-3,6-7,13H,4-5,8-11,16H2,(H,17,18). The molecule has 0 spiro atoms. The Hall–Kier alpha value is -1.35. The summed E-state index contributed by atoms with van der Waals surface area (Å²) in [7, 11) is 0. The normalized spacial score (nSPS) is 23.1. The highest BCUT2D eigenvalue weighted by Gasteiger charge is 2.49. The summed E-state index contributed by atoms with van der Waals surface area (Å²) in [5.41, 5.74) is 4.31. The number of benzene rings is 1. The highest BCUT2D eigenvalue weighted by atomic mass is 15.3. The number of nitrogens with two attached hydrogens (primary N) is 1. The van der Waals surface area contributed by atoms with Gasteiger partial charge in [0.25, 0.3) is 0 Å². The first-order valence-corrected chi connectivity index (χ1v) is 6.95. The van der Waals surface area contributed by atoms with Crippen LogP contribution in [0.25, 0.3) is 0 Å². The lowest BCUT2D eigenvalue weighted by Crippen LogP contribution is -2.40. The Kier molecular flexibility index (Phi) is 3.08. The minimum atomic E-state index is 0.0819. The molecule has 2 aliphatic carbocycles. The van der Waals surface area contributed by atoms with Crippen LogP contribution < -0.4 is 11.3 Å². The maximum atomic E-state index is 5.73. The first kappa shape index (κ1) is 11.7. The maximum absolute atomic E-state index is 5.73.